The van der Waals surface area contributed by atoms with Crippen LogP contribution in [0, 0.1) is 5.92 Å². The highest BCUT2D eigenvalue weighted by Gasteiger charge is 2.37. The van der Waals surface area contributed by atoms with E-state index in [0.29, 0.717) is 30.8 Å². The Kier molecular flexibility index (Phi) is 8.38. The Morgan fingerprint density at radius 3 is 2.32 bits per heavy atom. The number of carboxylic acids is 2. The number of rotatable bonds is 5. The average molecular weight is 525 g/mol. The minimum absolute atomic E-state index is 0.0520. The number of likely N-dealkylation sites (N-methyl/N-ethyl adjacent to an activating group) is 1. The highest BCUT2D eigenvalue weighted by atomic mass is 16.5. The number of esters is 1. The zero-order valence-electron chi connectivity index (χ0n) is 22.0. The number of carboxylic acid groups (broad SMARTS) is 2. The highest BCUT2D eigenvalue weighted by Crippen LogP contribution is 2.42. The number of hydrogen-bond donors (Lipinski definition) is 3. The lowest BCUT2D eigenvalue weighted by Crippen LogP contribution is -2.45. The van der Waals surface area contributed by atoms with Crippen molar-refractivity contribution in [1.82, 2.24) is 9.47 Å². The van der Waals surface area contributed by atoms with Gasteiger partial charge in [0.15, 0.2) is 0 Å². The zero-order valence-corrected chi connectivity index (χ0v) is 22.0. The molecule has 2 aliphatic carbocycles. The van der Waals surface area contributed by atoms with Crippen LogP contribution in [0.3, 0.4) is 0 Å². The number of carbonyl (C=O) groups excluding carboxylic acids is 1. The van der Waals surface area contributed by atoms with Crippen LogP contribution in [0.5, 0.6) is 0 Å². The summed E-state index contributed by atoms with van der Waals surface area (Å²) < 4.78 is 8.23. The molecule has 1 aliphatic heterocycles. The lowest BCUT2D eigenvalue weighted by Gasteiger charge is -2.39. The first-order valence-electron chi connectivity index (χ1n) is 13.1. The Balaban J connectivity index is 0.000000368. The van der Waals surface area contributed by atoms with Gasteiger partial charge >= 0.3 is 17.9 Å². The predicted octanol–water partition coefficient (Wildman–Crippen LogP) is 3.65. The van der Waals surface area contributed by atoms with E-state index in [4.69, 9.17) is 14.9 Å². The minimum Gasteiger partial charge on any atom is -0.478 e. The molecule has 0 unspecified atom stereocenters. The highest BCUT2D eigenvalue weighted by molar-refractivity contribution is 5.99. The molecule has 38 heavy (non-hydrogen) atoms. The molecule has 1 fully saturated rings. The van der Waals surface area contributed by atoms with Crippen LogP contribution in [-0.4, -0.2) is 74.5 Å². The van der Waals surface area contributed by atoms with Crippen molar-refractivity contribution in [2.24, 2.45) is 5.92 Å². The van der Waals surface area contributed by atoms with Crippen molar-refractivity contribution in [3.05, 3.63) is 53.8 Å². The van der Waals surface area contributed by atoms with Gasteiger partial charge in [-0.05, 0) is 75.8 Å². The van der Waals surface area contributed by atoms with Gasteiger partial charge in [0.1, 0.15) is 6.10 Å². The van der Waals surface area contributed by atoms with Gasteiger partial charge in [-0.15, -0.1) is 0 Å². The van der Waals surface area contributed by atoms with Crippen molar-refractivity contribution in [2.45, 2.75) is 70.2 Å². The fourth-order valence-corrected chi connectivity index (χ4v) is 5.72. The molecule has 1 saturated carbocycles. The van der Waals surface area contributed by atoms with Crippen LogP contribution >= 0.6 is 0 Å². The van der Waals surface area contributed by atoms with Crippen molar-refractivity contribution >= 4 is 34.4 Å². The molecule has 204 valence electrons. The minimum atomic E-state index is -1.26. The molecule has 1 aromatic carbocycles. The van der Waals surface area contributed by atoms with Crippen LogP contribution in [-0.2, 0) is 25.5 Å². The van der Waals surface area contributed by atoms with Crippen LogP contribution in [0.2, 0.25) is 0 Å². The van der Waals surface area contributed by atoms with E-state index in [0.717, 1.165) is 32.1 Å². The maximum absolute atomic E-state index is 13.0. The molecular weight excluding hydrogens is 488 g/mol. The molecule has 9 nitrogen and oxygen atoms in total. The third kappa shape index (κ3) is 6.00. The van der Waals surface area contributed by atoms with Crippen molar-refractivity contribution in [1.29, 1.82) is 0 Å². The van der Waals surface area contributed by atoms with Crippen LogP contribution in [0.4, 0.5) is 0 Å². The second kappa shape index (κ2) is 11.5. The molecule has 2 heterocycles. The fourth-order valence-electron chi connectivity index (χ4n) is 5.72. The average Bonchev–Trinajstić information content (AvgIpc) is 3.25. The molecular formula is C29H36N2O7. The van der Waals surface area contributed by atoms with Gasteiger partial charge in [0.05, 0.1) is 12.0 Å². The topological polar surface area (TPSA) is 129 Å². The second-order valence-electron chi connectivity index (χ2n) is 10.6. The van der Waals surface area contributed by atoms with Crippen molar-refractivity contribution in [3.63, 3.8) is 0 Å². The van der Waals surface area contributed by atoms with E-state index >= 15 is 0 Å². The predicted molar refractivity (Wildman–Crippen MR) is 143 cm³/mol. The standard InChI is InChI=1S/C25H32N2O3.C4H4O4/c1-15(2)27-14-16-12-23-21(20-5-4-6-22(27)24(16)20)11-17(13-26(23)3)25(29)30-19-9-7-18(28)8-10-19;5-3(6)1-2-4(7)8/h4-6,11,14-15,17-19,23,28H,7-10,12-13H2,1-3H3;1-2H,(H,5,6)(H,7,8)/b;2-1-/t17-,18?,19?,23-;/m1./s1. The largest absolute Gasteiger partial charge is 0.478 e. The summed E-state index contributed by atoms with van der Waals surface area (Å²) in [6.45, 7) is 5.14. The summed E-state index contributed by atoms with van der Waals surface area (Å²) in [5, 5.41) is 26.7. The van der Waals surface area contributed by atoms with Gasteiger partial charge in [0, 0.05) is 47.9 Å². The fraction of sp³-hybridized carbons (Fsp3) is 0.483. The van der Waals surface area contributed by atoms with E-state index in [1.54, 1.807) is 0 Å². The van der Waals surface area contributed by atoms with Gasteiger partial charge in [-0.2, -0.15) is 0 Å². The quantitative estimate of drug-likeness (QED) is 0.399. The number of ether oxygens (including phenoxy) is 1. The van der Waals surface area contributed by atoms with E-state index in [9.17, 15) is 19.5 Å². The van der Waals surface area contributed by atoms with E-state index < -0.39 is 11.9 Å². The van der Waals surface area contributed by atoms with Crippen LogP contribution < -0.4 is 0 Å². The lowest BCUT2D eigenvalue weighted by atomic mass is 9.80. The normalized spacial score (nSPS) is 24.9. The van der Waals surface area contributed by atoms with Gasteiger partial charge in [-0.3, -0.25) is 9.69 Å². The molecule has 2 aromatic rings. The van der Waals surface area contributed by atoms with Crippen LogP contribution in [0.25, 0.3) is 16.5 Å². The van der Waals surface area contributed by atoms with Gasteiger partial charge in [0.25, 0.3) is 0 Å². The van der Waals surface area contributed by atoms with E-state index in [2.05, 4.69) is 60.8 Å². The molecule has 3 aliphatic rings. The number of fused-ring (bicyclic) bond motifs is 2. The molecule has 0 spiro atoms. The first-order valence-corrected chi connectivity index (χ1v) is 13.1. The second-order valence-corrected chi connectivity index (χ2v) is 10.6. The summed E-state index contributed by atoms with van der Waals surface area (Å²) in [5.41, 5.74) is 5.22. The van der Waals surface area contributed by atoms with E-state index in [-0.39, 0.29) is 24.1 Å². The Morgan fingerprint density at radius 1 is 1.05 bits per heavy atom. The first kappa shape index (κ1) is 27.6. The number of aliphatic carboxylic acids is 2. The Morgan fingerprint density at radius 2 is 1.71 bits per heavy atom. The number of aliphatic hydroxyl groups excluding tert-OH is 1. The summed E-state index contributed by atoms with van der Waals surface area (Å²) >= 11 is 0. The summed E-state index contributed by atoms with van der Waals surface area (Å²) in [5.74, 6) is -2.87. The third-order valence-corrected chi connectivity index (χ3v) is 7.57. The summed E-state index contributed by atoms with van der Waals surface area (Å²) in [7, 11) is 2.12. The molecule has 0 amide bonds. The molecule has 0 saturated heterocycles. The van der Waals surface area contributed by atoms with E-state index in [1.165, 1.54) is 27.6 Å². The maximum atomic E-state index is 13.0. The molecule has 5 rings (SSSR count). The smallest absolute Gasteiger partial charge is 0.328 e. The Hall–Kier alpha value is -3.43. The lowest BCUT2D eigenvalue weighted by molar-refractivity contribution is -0.155. The van der Waals surface area contributed by atoms with Crippen LogP contribution in [0.15, 0.2) is 42.6 Å². The number of carbonyl (C=O) groups is 3. The summed E-state index contributed by atoms with van der Waals surface area (Å²) in [4.78, 5) is 34.4. The Labute approximate surface area is 222 Å². The maximum Gasteiger partial charge on any atom is 0.328 e. The summed E-state index contributed by atoms with van der Waals surface area (Å²) in [6.07, 6.45) is 9.29. The van der Waals surface area contributed by atoms with Gasteiger partial charge in [-0.25, -0.2) is 9.59 Å². The molecule has 0 radical (unpaired) electrons. The first-order chi connectivity index (χ1) is 18.0. The number of benzene rings is 1. The molecule has 3 N–H and O–H groups in total. The monoisotopic (exact) mass is 524 g/mol. The SMILES string of the molecule is CC(C)n1cc2c3c(cccc31)C1=C[C@@H](C(=O)OC3CCC(O)CC3)CN(C)[C@@H]1C2.O=C(O)/C=C\C(=O)O. The van der Waals surface area contributed by atoms with Crippen molar-refractivity contribution < 1.29 is 34.4 Å². The number of aromatic nitrogens is 1. The third-order valence-electron chi connectivity index (χ3n) is 7.57. The number of hydrogen-bond acceptors (Lipinski definition) is 6. The number of aliphatic hydroxyl groups is 1. The van der Waals surface area contributed by atoms with Gasteiger partial charge < -0.3 is 24.6 Å². The molecule has 9 heteroatoms. The summed E-state index contributed by atoms with van der Waals surface area (Å²) in [6, 6.07) is 7.27. The van der Waals surface area contributed by atoms with Crippen LogP contribution in [0.1, 0.15) is 56.7 Å². The Bertz CT molecular complexity index is 1250. The molecule has 0 bridgehead atoms. The molecule has 1 aromatic heterocycles. The van der Waals surface area contributed by atoms with E-state index in [1.807, 2.05) is 0 Å². The molecule has 2 atom stereocenters. The van der Waals surface area contributed by atoms with Crippen molar-refractivity contribution in [3.8, 4) is 0 Å². The van der Waals surface area contributed by atoms with Gasteiger partial charge in [0.2, 0.25) is 0 Å². The number of nitrogens with zero attached hydrogens (tertiary/aromatic N) is 2. The van der Waals surface area contributed by atoms with Gasteiger partial charge in [-0.1, -0.05) is 18.2 Å². The van der Waals surface area contributed by atoms with Crippen molar-refractivity contribution in [2.75, 3.05) is 13.6 Å². The zero-order chi connectivity index (χ0) is 27.6.